The summed E-state index contributed by atoms with van der Waals surface area (Å²) in [5, 5.41) is 0. The van der Waals surface area contributed by atoms with Crippen molar-refractivity contribution in [3.8, 4) is 0 Å². The number of ether oxygens (including phenoxy) is 1. The Labute approximate surface area is 116 Å². The van der Waals surface area contributed by atoms with Crippen LogP contribution in [0.2, 0.25) is 0 Å². The second-order valence-corrected chi connectivity index (χ2v) is 5.69. The highest BCUT2D eigenvalue weighted by Gasteiger charge is 2.18. The molecule has 2 nitrogen and oxygen atoms in total. The molecule has 0 bridgehead atoms. The fourth-order valence-electron chi connectivity index (χ4n) is 2.40. The van der Waals surface area contributed by atoms with Gasteiger partial charge in [0.05, 0.1) is 10.6 Å². The van der Waals surface area contributed by atoms with E-state index in [1.807, 2.05) is 6.07 Å². The van der Waals surface area contributed by atoms with Crippen LogP contribution in [0.5, 0.6) is 0 Å². The topological polar surface area (TPSA) is 35.2 Å². The minimum absolute atomic E-state index is 0.0196. The first kappa shape index (κ1) is 14.0. The van der Waals surface area contributed by atoms with Crippen molar-refractivity contribution in [2.45, 2.75) is 44.2 Å². The molecule has 2 N–H and O–H groups in total. The molecule has 0 spiro atoms. The van der Waals surface area contributed by atoms with Gasteiger partial charge in [-0.25, -0.2) is 4.39 Å². The molecule has 0 aliphatic carbocycles. The van der Waals surface area contributed by atoms with Crippen LogP contribution >= 0.6 is 15.9 Å². The van der Waals surface area contributed by atoms with Crippen LogP contribution in [0.3, 0.4) is 0 Å². The third kappa shape index (κ3) is 3.77. The molecule has 2 unspecified atom stereocenters. The molecule has 2 atom stereocenters. The lowest BCUT2D eigenvalue weighted by Gasteiger charge is -2.25. The summed E-state index contributed by atoms with van der Waals surface area (Å²) in [5.41, 5.74) is 7.06. The Hall–Kier alpha value is -0.450. The van der Waals surface area contributed by atoms with E-state index < -0.39 is 0 Å². The minimum atomic E-state index is -0.228. The second kappa shape index (κ2) is 6.64. The van der Waals surface area contributed by atoms with Gasteiger partial charge in [-0.3, -0.25) is 0 Å². The molecule has 0 saturated carbocycles. The molecule has 1 aliphatic heterocycles. The standard InChI is InChI=1S/C14H19BrFNO/c15-14-10(4-3-6-13(14)16)8-11(17)9-12-5-1-2-7-18-12/h3-4,6,11-12H,1-2,5,7-9,17H2. The van der Waals surface area contributed by atoms with Gasteiger partial charge in [0.25, 0.3) is 0 Å². The van der Waals surface area contributed by atoms with Crippen LogP contribution in [0.4, 0.5) is 4.39 Å². The fourth-order valence-corrected chi connectivity index (χ4v) is 2.83. The van der Waals surface area contributed by atoms with Crippen LogP contribution < -0.4 is 5.73 Å². The van der Waals surface area contributed by atoms with Gasteiger partial charge in [0, 0.05) is 12.6 Å². The summed E-state index contributed by atoms with van der Waals surface area (Å²) >= 11 is 3.27. The monoisotopic (exact) mass is 315 g/mol. The molecule has 1 fully saturated rings. The third-order valence-electron chi connectivity index (χ3n) is 3.35. The van der Waals surface area contributed by atoms with Crippen molar-refractivity contribution in [2.24, 2.45) is 5.73 Å². The largest absolute Gasteiger partial charge is 0.378 e. The van der Waals surface area contributed by atoms with Gasteiger partial charge in [0.2, 0.25) is 0 Å². The smallest absolute Gasteiger partial charge is 0.137 e. The number of benzene rings is 1. The predicted octanol–water partition coefficient (Wildman–Crippen LogP) is 3.42. The van der Waals surface area contributed by atoms with E-state index in [1.54, 1.807) is 6.07 Å². The Bertz CT molecular complexity index is 393. The van der Waals surface area contributed by atoms with E-state index >= 15 is 0 Å². The zero-order valence-corrected chi connectivity index (χ0v) is 12.0. The summed E-state index contributed by atoms with van der Waals surface area (Å²) in [7, 11) is 0. The molecule has 1 aromatic rings. The number of rotatable bonds is 4. The highest BCUT2D eigenvalue weighted by atomic mass is 79.9. The molecule has 100 valence electrons. The Kier molecular flexibility index (Phi) is 5.15. The van der Waals surface area contributed by atoms with Crippen LogP contribution in [0, 0.1) is 5.82 Å². The quantitative estimate of drug-likeness (QED) is 0.924. The Morgan fingerprint density at radius 2 is 2.28 bits per heavy atom. The summed E-state index contributed by atoms with van der Waals surface area (Å²) in [6.07, 6.45) is 5.28. The van der Waals surface area contributed by atoms with E-state index in [-0.39, 0.29) is 18.0 Å². The maximum Gasteiger partial charge on any atom is 0.137 e. The molecule has 1 saturated heterocycles. The van der Waals surface area contributed by atoms with Crippen molar-refractivity contribution in [1.29, 1.82) is 0 Å². The molecule has 1 heterocycles. The zero-order valence-electron chi connectivity index (χ0n) is 10.4. The van der Waals surface area contributed by atoms with Gasteiger partial charge in [-0.15, -0.1) is 0 Å². The van der Waals surface area contributed by atoms with E-state index in [9.17, 15) is 4.39 Å². The Balaban J connectivity index is 1.90. The molecule has 0 amide bonds. The molecule has 4 heteroatoms. The van der Waals surface area contributed by atoms with Crippen molar-refractivity contribution in [3.63, 3.8) is 0 Å². The van der Waals surface area contributed by atoms with Gasteiger partial charge in [-0.1, -0.05) is 12.1 Å². The van der Waals surface area contributed by atoms with Crippen molar-refractivity contribution in [2.75, 3.05) is 6.61 Å². The van der Waals surface area contributed by atoms with E-state index in [0.29, 0.717) is 10.9 Å². The number of nitrogens with two attached hydrogens (primary N) is 1. The Morgan fingerprint density at radius 1 is 1.44 bits per heavy atom. The first-order valence-electron chi connectivity index (χ1n) is 6.47. The lowest BCUT2D eigenvalue weighted by atomic mass is 9.97. The maximum atomic E-state index is 13.4. The average molecular weight is 316 g/mol. The summed E-state index contributed by atoms with van der Waals surface area (Å²) in [4.78, 5) is 0. The summed E-state index contributed by atoms with van der Waals surface area (Å²) in [6.45, 7) is 0.848. The second-order valence-electron chi connectivity index (χ2n) is 4.90. The lowest BCUT2D eigenvalue weighted by Crippen LogP contribution is -2.31. The molecule has 2 rings (SSSR count). The first-order valence-corrected chi connectivity index (χ1v) is 7.26. The van der Waals surface area contributed by atoms with Gasteiger partial charge in [-0.05, 0) is 59.7 Å². The highest BCUT2D eigenvalue weighted by Crippen LogP contribution is 2.23. The normalized spacial score (nSPS) is 21.8. The fraction of sp³-hybridized carbons (Fsp3) is 0.571. The minimum Gasteiger partial charge on any atom is -0.378 e. The molecule has 0 radical (unpaired) electrons. The first-order chi connectivity index (χ1) is 8.66. The van der Waals surface area contributed by atoms with Crippen molar-refractivity contribution >= 4 is 15.9 Å². The van der Waals surface area contributed by atoms with Gasteiger partial charge < -0.3 is 10.5 Å². The average Bonchev–Trinajstić information content (AvgIpc) is 2.36. The zero-order chi connectivity index (χ0) is 13.0. The molecule has 18 heavy (non-hydrogen) atoms. The van der Waals surface area contributed by atoms with Crippen molar-refractivity contribution in [3.05, 3.63) is 34.1 Å². The van der Waals surface area contributed by atoms with E-state index in [2.05, 4.69) is 15.9 Å². The lowest BCUT2D eigenvalue weighted by molar-refractivity contribution is 0.00746. The molecular formula is C14H19BrFNO. The SMILES string of the molecule is NC(Cc1cccc(F)c1Br)CC1CCCCO1. The number of halogens is 2. The van der Waals surface area contributed by atoms with Crippen LogP contribution in [-0.4, -0.2) is 18.8 Å². The van der Waals surface area contributed by atoms with Crippen LogP contribution in [0.15, 0.2) is 22.7 Å². The van der Waals surface area contributed by atoms with Gasteiger partial charge >= 0.3 is 0 Å². The van der Waals surface area contributed by atoms with Crippen molar-refractivity contribution in [1.82, 2.24) is 0 Å². The molecule has 0 aromatic heterocycles. The van der Waals surface area contributed by atoms with Crippen LogP contribution in [0.1, 0.15) is 31.2 Å². The highest BCUT2D eigenvalue weighted by molar-refractivity contribution is 9.10. The van der Waals surface area contributed by atoms with E-state index in [0.717, 1.165) is 31.4 Å². The maximum absolute atomic E-state index is 13.4. The molecule has 1 aliphatic rings. The van der Waals surface area contributed by atoms with Crippen LogP contribution in [-0.2, 0) is 11.2 Å². The van der Waals surface area contributed by atoms with E-state index in [4.69, 9.17) is 10.5 Å². The molecule has 1 aromatic carbocycles. The predicted molar refractivity (Wildman–Crippen MR) is 74.0 cm³/mol. The van der Waals surface area contributed by atoms with Crippen molar-refractivity contribution < 1.29 is 9.13 Å². The molecular weight excluding hydrogens is 297 g/mol. The summed E-state index contributed by atoms with van der Waals surface area (Å²) in [5.74, 6) is -0.228. The van der Waals surface area contributed by atoms with Gasteiger partial charge in [-0.2, -0.15) is 0 Å². The third-order valence-corrected chi connectivity index (χ3v) is 4.24. The summed E-state index contributed by atoms with van der Waals surface area (Å²) < 4.78 is 19.6. The van der Waals surface area contributed by atoms with E-state index in [1.165, 1.54) is 12.5 Å². The van der Waals surface area contributed by atoms with Crippen LogP contribution in [0.25, 0.3) is 0 Å². The van der Waals surface area contributed by atoms with Gasteiger partial charge in [0.1, 0.15) is 5.82 Å². The number of hydrogen-bond acceptors (Lipinski definition) is 2. The van der Waals surface area contributed by atoms with Gasteiger partial charge in [0.15, 0.2) is 0 Å². The Morgan fingerprint density at radius 3 is 3.00 bits per heavy atom. The number of hydrogen-bond donors (Lipinski definition) is 1. The summed E-state index contributed by atoms with van der Waals surface area (Å²) in [6, 6.07) is 5.10.